The predicted molar refractivity (Wildman–Crippen MR) is 69.6 cm³/mol. The lowest BCUT2D eigenvalue weighted by Crippen LogP contribution is -2.41. The molecule has 1 unspecified atom stereocenters. The van der Waals surface area contributed by atoms with E-state index in [0.29, 0.717) is 12.2 Å². The molecule has 1 aromatic carbocycles. The van der Waals surface area contributed by atoms with E-state index < -0.39 is 11.8 Å². The standard InChI is InChI=1S/C14H19NO4/c1-14(2)18-9-12(19-14)11(15)8-17-13(16)10-6-4-3-5-7-10/h3-7,11-12H,8-9,15H2,1-2H3/t11?,12-/m1/s1. The minimum atomic E-state index is -0.619. The first-order valence-corrected chi connectivity index (χ1v) is 6.27. The highest BCUT2D eigenvalue weighted by molar-refractivity contribution is 5.89. The average Bonchev–Trinajstić information content (AvgIpc) is 2.77. The third kappa shape index (κ3) is 3.76. The number of rotatable bonds is 4. The number of nitrogens with two attached hydrogens (primary N) is 1. The molecule has 0 bridgehead atoms. The second-order valence-corrected chi connectivity index (χ2v) is 5.00. The minimum Gasteiger partial charge on any atom is -0.460 e. The smallest absolute Gasteiger partial charge is 0.338 e. The highest BCUT2D eigenvalue weighted by Crippen LogP contribution is 2.23. The number of ether oxygens (including phenoxy) is 3. The molecule has 104 valence electrons. The van der Waals surface area contributed by atoms with Crippen LogP contribution in [0, 0.1) is 0 Å². The summed E-state index contributed by atoms with van der Waals surface area (Å²) in [4.78, 5) is 11.7. The second kappa shape index (κ2) is 5.69. The van der Waals surface area contributed by atoms with Crippen LogP contribution in [0.5, 0.6) is 0 Å². The van der Waals surface area contributed by atoms with Crippen LogP contribution in [-0.4, -0.2) is 37.1 Å². The molecule has 1 fully saturated rings. The van der Waals surface area contributed by atoms with E-state index in [9.17, 15) is 4.79 Å². The number of hydrogen-bond acceptors (Lipinski definition) is 5. The van der Waals surface area contributed by atoms with E-state index >= 15 is 0 Å². The van der Waals surface area contributed by atoms with Crippen LogP contribution < -0.4 is 5.73 Å². The topological polar surface area (TPSA) is 70.8 Å². The van der Waals surface area contributed by atoms with Gasteiger partial charge in [-0.2, -0.15) is 0 Å². The van der Waals surface area contributed by atoms with E-state index in [1.807, 2.05) is 19.9 Å². The monoisotopic (exact) mass is 265 g/mol. The summed E-state index contributed by atoms with van der Waals surface area (Å²) in [6.07, 6.45) is -0.251. The summed E-state index contributed by atoms with van der Waals surface area (Å²) in [6.45, 7) is 4.18. The Morgan fingerprint density at radius 1 is 1.47 bits per heavy atom. The molecule has 0 spiro atoms. The van der Waals surface area contributed by atoms with Crippen molar-refractivity contribution in [2.75, 3.05) is 13.2 Å². The van der Waals surface area contributed by atoms with Crippen LogP contribution in [-0.2, 0) is 14.2 Å². The van der Waals surface area contributed by atoms with Crippen LogP contribution >= 0.6 is 0 Å². The van der Waals surface area contributed by atoms with Crippen LogP contribution in [0.2, 0.25) is 0 Å². The molecule has 1 aliphatic rings. The van der Waals surface area contributed by atoms with E-state index in [2.05, 4.69) is 0 Å². The van der Waals surface area contributed by atoms with Crippen molar-refractivity contribution >= 4 is 5.97 Å². The van der Waals surface area contributed by atoms with E-state index in [1.54, 1.807) is 24.3 Å². The molecule has 19 heavy (non-hydrogen) atoms. The maximum atomic E-state index is 11.7. The highest BCUT2D eigenvalue weighted by Gasteiger charge is 2.36. The molecular formula is C14H19NO4. The first kappa shape index (κ1) is 14.0. The third-order valence-electron chi connectivity index (χ3n) is 2.92. The molecule has 0 aromatic heterocycles. The van der Waals surface area contributed by atoms with Crippen molar-refractivity contribution in [1.82, 2.24) is 0 Å². The Morgan fingerprint density at radius 3 is 2.74 bits per heavy atom. The normalized spacial score (nSPS) is 23.0. The summed E-state index contributed by atoms with van der Waals surface area (Å²) in [5, 5.41) is 0. The summed E-state index contributed by atoms with van der Waals surface area (Å²) in [5.74, 6) is -1.000. The van der Waals surface area contributed by atoms with Crippen molar-refractivity contribution in [3.05, 3.63) is 35.9 Å². The maximum absolute atomic E-state index is 11.7. The zero-order valence-corrected chi connectivity index (χ0v) is 11.2. The number of carbonyl (C=O) groups is 1. The van der Waals surface area contributed by atoms with Gasteiger partial charge in [0.05, 0.1) is 18.2 Å². The molecule has 5 nitrogen and oxygen atoms in total. The maximum Gasteiger partial charge on any atom is 0.338 e. The van der Waals surface area contributed by atoms with Crippen molar-refractivity contribution in [3.8, 4) is 0 Å². The highest BCUT2D eigenvalue weighted by atomic mass is 16.7. The molecule has 1 saturated heterocycles. The summed E-state index contributed by atoms with van der Waals surface area (Å²) < 4.78 is 16.2. The fraction of sp³-hybridized carbons (Fsp3) is 0.500. The van der Waals surface area contributed by atoms with E-state index in [0.717, 1.165) is 0 Å². The van der Waals surface area contributed by atoms with Gasteiger partial charge in [-0.15, -0.1) is 0 Å². The molecule has 5 heteroatoms. The Balaban J connectivity index is 1.81. The van der Waals surface area contributed by atoms with Crippen molar-refractivity contribution in [3.63, 3.8) is 0 Å². The molecule has 0 saturated carbocycles. The second-order valence-electron chi connectivity index (χ2n) is 5.00. The number of hydrogen-bond donors (Lipinski definition) is 1. The van der Waals surface area contributed by atoms with E-state index in [1.165, 1.54) is 0 Å². The van der Waals surface area contributed by atoms with Gasteiger partial charge in [-0.3, -0.25) is 0 Å². The molecule has 2 N–H and O–H groups in total. The quantitative estimate of drug-likeness (QED) is 0.831. The van der Waals surface area contributed by atoms with Gasteiger partial charge >= 0.3 is 5.97 Å². The lowest BCUT2D eigenvalue weighted by molar-refractivity contribution is -0.141. The van der Waals surface area contributed by atoms with E-state index in [4.69, 9.17) is 19.9 Å². The molecule has 1 aromatic rings. The van der Waals surface area contributed by atoms with Gasteiger partial charge in [0, 0.05) is 0 Å². The SMILES string of the molecule is CC1(C)OC[C@H](C(N)COC(=O)c2ccccc2)O1. The van der Waals surface area contributed by atoms with Gasteiger partial charge < -0.3 is 19.9 Å². The lowest BCUT2D eigenvalue weighted by Gasteiger charge is -2.20. The Hall–Kier alpha value is -1.43. The fourth-order valence-corrected chi connectivity index (χ4v) is 1.86. The minimum absolute atomic E-state index is 0.109. The lowest BCUT2D eigenvalue weighted by atomic mass is 10.2. The molecule has 2 rings (SSSR count). The van der Waals surface area contributed by atoms with Crippen LogP contribution in [0.3, 0.4) is 0 Å². The fourth-order valence-electron chi connectivity index (χ4n) is 1.86. The van der Waals surface area contributed by atoms with Gasteiger partial charge in [-0.05, 0) is 26.0 Å². The van der Waals surface area contributed by atoms with Crippen molar-refractivity contribution in [1.29, 1.82) is 0 Å². The van der Waals surface area contributed by atoms with Gasteiger partial charge in [0.1, 0.15) is 12.7 Å². The van der Waals surface area contributed by atoms with Crippen LogP contribution in [0.1, 0.15) is 24.2 Å². The summed E-state index contributed by atoms with van der Waals surface area (Å²) >= 11 is 0. The molecule has 0 amide bonds. The summed E-state index contributed by atoms with van der Waals surface area (Å²) in [6, 6.07) is 8.42. The summed E-state index contributed by atoms with van der Waals surface area (Å²) in [5.41, 5.74) is 6.46. The molecular weight excluding hydrogens is 246 g/mol. The van der Waals surface area contributed by atoms with Crippen molar-refractivity contribution < 1.29 is 19.0 Å². The molecule has 0 aliphatic carbocycles. The van der Waals surface area contributed by atoms with E-state index in [-0.39, 0.29) is 18.7 Å². The van der Waals surface area contributed by atoms with Crippen LogP contribution in [0.15, 0.2) is 30.3 Å². The Kier molecular flexibility index (Phi) is 4.19. The average molecular weight is 265 g/mol. The third-order valence-corrected chi connectivity index (χ3v) is 2.92. The Bertz CT molecular complexity index is 432. The summed E-state index contributed by atoms with van der Waals surface area (Å²) in [7, 11) is 0. The van der Waals surface area contributed by atoms with Crippen molar-refractivity contribution in [2.24, 2.45) is 5.73 Å². The zero-order chi connectivity index (χ0) is 13.9. The van der Waals surface area contributed by atoms with Gasteiger partial charge in [-0.1, -0.05) is 18.2 Å². The molecule has 0 radical (unpaired) electrons. The van der Waals surface area contributed by atoms with Crippen molar-refractivity contribution in [2.45, 2.75) is 31.8 Å². The Labute approximate surface area is 112 Å². The predicted octanol–water partition coefficient (Wildman–Crippen LogP) is 1.32. The first-order valence-electron chi connectivity index (χ1n) is 6.27. The van der Waals surface area contributed by atoms with Crippen LogP contribution in [0.25, 0.3) is 0 Å². The first-order chi connectivity index (χ1) is 8.98. The number of carbonyl (C=O) groups excluding carboxylic acids is 1. The van der Waals surface area contributed by atoms with Gasteiger partial charge in [-0.25, -0.2) is 4.79 Å². The largest absolute Gasteiger partial charge is 0.460 e. The van der Waals surface area contributed by atoms with Gasteiger partial charge in [0.25, 0.3) is 0 Å². The van der Waals surface area contributed by atoms with Crippen LogP contribution in [0.4, 0.5) is 0 Å². The molecule has 2 atom stereocenters. The zero-order valence-electron chi connectivity index (χ0n) is 11.2. The molecule has 1 heterocycles. The van der Waals surface area contributed by atoms with Gasteiger partial charge in [0.15, 0.2) is 5.79 Å². The van der Waals surface area contributed by atoms with Gasteiger partial charge in [0.2, 0.25) is 0 Å². The Morgan fingerprint density at radius 2 is 2.16 bits per heavy atom. The molecule has 1 aliphatic heterocycles. The number of esters is 1. The number of benzene rings is 1.